The molecule has 3 aromatic rings. The number of hydrogen-bond donors (Lipinski definition) is 0. The number of likely N-dealkylation sites (tertiary alicyclic amines) is 1. The molecule has 1 amide bonds. The van der Waals surface area contributed by atoms with Crippen LogP contribution in [0.4, 0.5) is 0 Å². The van der Waals surface area contributed by atoms with Crippen LogP contribution in [0.2, 0.25) is 0 Å². The molecule has 0 radical (unpaired) electrons. The van der Waals surface area contributed by atoms with Crippen molar-refractivity contribution >= 4 is 5.91 Å². The number of piperidine rings is 1. The van der Waals surface area contributed by atoms with E-state index in [-0.39, 0.29) is 11.9 Å². The first-order valence-electron chi connectivity index (χ1n) is 8.92. The van der Waals surface area contributed by atoms with E-state index >= 15 is 0 Å². The van der Waals surface area contributed by atoms with E-state index in [1.807, 2.05) is 18.2 Å². The van der Waals surface area contributed by atoms with Crippen LogP contribution in [0, 0.1) is 6.92 Å². The molecule has 1 saturated heterocycles. The van der Waals surface area contributed by atoms with Gasteiger partial charge in [0.25, 0.3) is 5.91 Å². The largest absolute Gasteiger partial charge is 0.443 e. The second kappa shape index (κ2) is 7.15. The number of benzene rings is 1. The Morgan fingerprint density at radius 2 is 2.08 bits per heavy atom. The zero-order chi connectivity index (χ0) is 17.9. The molecule has 1 aromatic carbocycles. The zero-order valence-electron chi connectivity index (χ0n) is 14.7. The minimum absolute atomic E-state index is 0.146. The van der Waals surface area contributed by atoms with Gasteiger partial charge < -0.3 is 13.7 Å². The van der Waals surface area contributed by atoms with Crippen LogP contribution in [0.15, 0.2) is 51.8 Å². The average Bonchev–Trinajstić information content (AvgIpc) is 3.31. The summed E-state index contributed by atoms with van der Waals surface area (Å²) >= 11 is 0. The van der Waals surface area contributed by atoms with Crippen LogP contribution < -0.4 is 0 Å². The third-order valence-corrected chi connectivity index (χ3v) is 4.78. The van der Waals surface area contributed by atoms with Crippen molar-refractivity contribution in [3.8, 4) is 0 Å². The summed E-state index contributed by atoms with van der Waals surface area (Å²) in [5, 5.41) is 0. The second-order valence-corrected chi connectivity index (χ2v) is 6.60. The van der Waals surface area contributed by atoms with Gasteiger partial charge in [0.05, 0.1) is 11.9 Å². The molecule has 2 aromatic heterocycles. The van der Waals surface area contributed by atoms with E-state index < -0.39 is 0 Å². The van der Waals surface area contributed by atoms with Crippen molar-refractivity contribution in [2.24, 2.45) is 0 Å². The van der Waals surface area contributed by atoms with Gasteiger partial charge in [-0.3, -0.25) is 4.79 Å². The molecule has 1 aliphatic heterocycles. The molecule has 6 nitrogen and oxygen atoms in total. The maximum atomic E-state index is 12.9. The minimum atomic E-state index is -0.162. The summed E-state index contributed by atoms with van der Waals surface area (Å²) in [5.74, 6) is 1.56. The molecule has 0 aliphatic carbocycles. The predicted octanol–water partition coefficient (Wildman–Crippen LogP) is 3.93. The van der Waals surface area contributed by atoms with E-state index in [9.17, 15) is 4.79 Å². The van der Waals surface area contributed by atoms with Gasteiger partial charge in [0.15, 0.2) is 6.39 Å². The Bertz CT molecular complexity index is 885. The average molecular weight is 351 g/mol. The van der Waals surface area contributed by atoms with Crippen molar-refractivity contribution in [2.75, 3.05) is 6.54 Å². The van der Waals surface area contributed by atoms with Crippen LogP contribution in [-0.2, 0) is 6.42 Å². The molecule has 1 fully saturated rings. The fourth-order valence-corrected chi connectivity index (χ4v) is 3.42. The fourth-order valence-electron chi connectivity index (χ4n) is 3.42. The smallest absolute Gasteiger partial charge is 0.292 e. The van der Waals surface area contributed by atoms with Crippen molar-refractivity contribution in [1.82, 2.24) is 14.9 Å². The highest BCUT2D eigenvalue weighted by Gasteiger charge is 2.34. The second-order valence-electron chi connectivity index (χ2n) is 6.60. The first-order chi connectivity index (χ1) is 12.7. The lowest BCUT2D eigenvalue weighted by atomic mass is 10.0. The lowest BCUT2D eigenvalue weighted by Gasteiger charge is -2.33. The number of amides is 1. The van der Waals surface area contributed by atoms with E-state index in [2.05, 4.69) is 22.1 Å². The Kier molecular flexibility index (Phi) is 4.56. The fraction of sp³-hybridized carbons (Fsp3) is 0.350. The summed E-state index contributed by atoms with van der Waals surface area (Å²) in [5.41, 5.74) is 1.78. The number of carbonyl (C=O) groups excluding carboxylic acids is 1. The van der Waals surface area contributed by atoms with Crippen LogP contribution in [0.25, 0.3) is 0 Å². The van der Waals surface area contributed by atoms with Crippen LogP contribution in [-0.4, -0.2) is 27.3 Å². The number of carbonyl (C=O) groups is 1. The van der Waals surface area contributed by atoms with Crippen molar-refractivity contribution < 1.29 is 13.6 Å². The van der Waals surface area contributed by atoms with Gasteiger partial charge in [0.2, 0.25) is 11.7 Å². The van der Waals surface area contributed by atoms with Gasteiger partial charge in [-0.25, -0.2) is 9.97 Å². The molecule has 0 spiro atoms. The van der Waals surface area contributed by atoms with Gasteiger partial charge in [-0.1, -0.05) is 30.3 Å². The maximum Gasteiger partial charge on any atom is 0.292 e. The highest BCUT2D eigenvalue weighted by Crippen LogP contribution is 2.32. The Hall–Kier alpha value is -2.89. The maximum absolute atomic E-state index is 12.9. The lowest BCUT2D eigenvalue weighted by molar-refractivity contribution is 0.0537. The molecule has 0 unspecified atom stereocenters. The van der Waals surface area contributed by atoms with Crippen LogP contribution in [0.1, 0.15) is 58.8 Å². The number of aryl methyl sites for hydroxylation is 1. The first-order valence-corrected chi connectivity index (χ1v) is 8.92. The van der Waals surface area contributed by atoms with Crippen molar-refractivity contribution in [2.45, 2.75) is 38.6 Å². The summed E-state index contributed by atoms with van der Waals surface area (Å²) in [6.45, 7) is 2.44. The quantitative estimate of drug-likeness (QED) is 0.712. The Morgan fingerprint density at radius 1 is 1.23 bits per heavy atom. The van der Waals surface area contributed by atoms with Crippen LogP contribution >= 0.6 is 0 Å². The topological polar surface area (TPSA) is 72.4 Å². The monoisotopic (exact) mass is 351 g/mol. The highest BCUT2D eigenvalue weighted by molar-refractivity contribution is 5.92. The highest BCUT2D eigenvalue weighted by atomic mass is 16.4. The van der Waals surface area contributed by atoms with E-state index in [4.69, 9.17) is 8.83 Å². The lowest BCUT2D eigenvalue weighted by Crippen LogP contribution is -2.38. The Labute approximate surface area is 151 Å². The summed E-state index contributed by atoms with van der Waals surface area (Å²) < 4.78 is 11.3. The number of hydrogen-bond acceptors (Lipinski definition) is 5. The summed E-state index contributed by atoms with van der Waals surface area (Å²) in [7, 11) is 0. The number of aromatic nitrogens is 2. The van der Waals surface area contributed by atoms with E-state index in [0.717, 1.165) is 25.0 Å². The van der Waals surface area contributed by atoms with Crippen molar-refractivity contribution in [3.63, 3.8) is 0 Å². The van der Waals surface area contributed by atoms with E-state index in [1.165, 1.54) is 12.0 Å². The Balaban J connectivity index is 1.55. The molecule has 26 heavy (non-hydrogen) atoms. The Morgan fingerprint density at radius 3 is 2.85 bits per heavy atom. The van der Waals surface area contributed by atoms with Crippen molar-refractivity contribution in [1.29, 1.82) is 0 Å². The molecular weight excluding hydrogens is 330 g/mol. The van der Waals surface area contributed by atoms with Gasteiger partial charge in [-0.2, -0.15) is 0 Å². The summed E-state index contributed by atoms with van der Waals surface area (Å²) in [6, 6.07) is 9.97. The predicted molar refractivity (Wildman–Crippen MR) is 94.6 cm³/mol. The molecule has 0 saturated carbocycles. The van der Waals surface area contributed by atoms with Crippen LogP contribution in [0.5, 0.6) is 0 Å². The van der Waals surface area contributed by atoms with Gasteiger partial charge in [-0.15, -0.1) is 0 Å². The van der Waals surface area contributed by atoms with Crippen molar-refractivity contribution in [3.05, 3.63) is 71.6 Å². The third-order valence-electron chi connectivity index (χ3n) is 4.78. The number of nitrogens with zero attached hydrogens (tertiary/aromatic N) is 3. The molecule has 1 aliphatic rings. The third kappa shape index (κ3) is 3.27. The first kappa shape index (κ1) is 16.6. The summed E-state index contributed by atoms with van der Waals surface area (Å²) in [4.78, 5) is 23.2. The number of rotatable bonds is 4. The number of oxazole rings is 2. The van der Waals surface area contributed by atoms with E-state index in [1.54, 1.807) is 18.0 Å². The standard InChI is InChI=1S/C20H21N3O3/c1-14-18(25-13-22-14)20(24)23-10-6-5-9-17(23)19-21-12-16(26-19)11-15-7-3-2-4-8-15/h2-4,7-8,12-13,17H,5-6,9-11H2,1H3/t17-/m1/s1. The normalized spacial score (nSPS) is 17.4. The summed E-state index contributed by atoms with van der Waals surface area (Å²) in [6.07, 6.45) is 6.61. The van der Waals surface area contributed by atoms with Gasteiger partial charge in [-0.05, 0) is 31.7 Å². The molecule has 6 heteroatoms. The molecule has 0 bridgehead atoms. The SMILES string of the molecule is Cc1ncoc1C(=O)N1CCCC[C@@H]1c1ncc(Cc2ccccc2)o1. The van der Waals surface area contributed by atoms with E-state index in [0.29, 0.717) is 30.3 Å². The van der Waals surface area contributed by atoms with Crippen LogP contribution in [0.3, 0.4) is 0 Å². The molecular formula is C20H21N3O3. The molecule has 3 heterocycles. The molecule has 134 valence electrons. The van der Waals surface area contributed by atoms with Gasteiger partial charge >= 0.3 is 0 Å². The molecule has 1 atom stereocenters. The van der Waals surface area contributed by atoms with Gasteiger partial charge in [0.1, 0.15) is 11.8 Å². The zero-order valence-corrected chi connectivity index (χ0v) is 14.7. The molecule has 0 N–H and O–H groups in total. The minimum Gasteiger partial charge on any atom is -0.443 e. The molecule has 4 rings (SSSR count). The van der Waals surface area contributed by atoms with Gasteiger partial charge in [0, 0.05) is 13.0 Å².